The number of pyridine rings is 1. The van der Waals surface area contributed by atoms with E-state index in [2.05, 4.69) is 10.3 Å². The van der Waals surface area contributed by atoms with E-state index in [1.54, 1.807) is 6.20 Å². The maximum Gasteiger partial charge on any atom is 0.221 e. The van der Waals surface area contributed by atoms with Crippen molar-refractivity contribution in [3.8, 4) is 5.75 Å². The van der Waals surface area contributed by atoms with Crippen LogP contribution in [0.25, 0.3) is 10.9 Å². The first-order chi connectivity index (χ1) is 9.29. The van der Waals surface area contributed by atoms with E-state index in [0.29, 0.717) is 26.1 Å². The molecule has 1 aromatic heterocycles. The van der Waals surface area contributed by atoms with Crippen LogP contribution < -0.4 is 15.8 Å². The molecule has 1 heterocycles. The number of fused-ring (bicyclic) bond motifs is 1. The Bertz CT molecular complexity index is 557. The van der Waals surface area contributed by atoms with Gasteiger partial charge in [-0.2, -0.15) is 0 Å². The third-order valence-corrected chi connectivity index (χ3v) is 2.64. The van der Waals surface area contributed by atoms with Crippen molar-refractivity contribution in [2.45, 2.75) is 6.42 Å². The van der Waals surface area contributed by atoms with Gasteiger partial charge in [0.15, 0.2) is 0 Å². The summed E-state index contributed by atoms with van der Waals surface area (Å²) in [6.45, 7) is 1.27. The molecule has 0 aliphatic heterocycles. The van der Waals surface area contributed by atoms with Crippen molar-refractivity contribution >= 4 is 16.8 Å². The smallest absolute Gasteiger partial charge is 0.221 e. The highest BCUT2D eigenvalue weighted by Gasteiger charge is 2.00. The molecule has 5 nitrogen and oxygen atoms in total. The third-order valence-electron chi connectivity index (χ3n) is 2.64. The molecule has 3 N–H and O–H groups in total. The molecule has 0 atom stereocenters. The lowest BCUT2D eigenvalue weighted by Gasteiger charge is -2.08. The number of nitrogens with zero attached hydrogens (tertiary/aromatic N) is 1. The van der Waals surface area contributed by atoms with Crippen LogP contribution in [0.1, 0.15) is 6.42 Å². The number of aromatic nitrogens is 1. The van der Waals surface area contributed by atoms with E-state index in [9.17, 15) is 4.79 Å². The van der Waals surface area contributed by atoms with Crippen LogP contribution in [0.15, 0.2) is 36.5 Å². The molecule has 0 aliphatic rings. The molecule has 0 spiro atoms. The highest BCUT2D eigenvalue weighted by atomic mass is 16.5. The Hall–Kier alpha value is -2.14. The standard InChI is InChI=1S/C14H17N3O2/c15-6-5-14(18)17-8-9-19-12-3-4-13-11(10-12)2-1-7-16-13/h1-4,7,10H,5-6,8-9,15H2,(H,17,18). The van der Waals surface area contributed by atoms with Gasteiger partial charge in [0.05, 0.1) is 12.1 Å². The second-order valence-electron chi connectivity index (χ2n) is 4.09. The summed E-state index contributed by atoms with van der Waals surface area (Å²) in [5.74, 6) is 0.724. The molecule has 0 bridgehead atoms. The van der Waals surface area contributed by atoms with Gasteiger partial charge in [0, 0.05) is 24.5 Å². The Morgan fingerprint density at radius 3 is 3.11 bits per heavy atom. The zero-order chi connectivity index (χ0) is 13.5. The van der Waals surface area contributed by atoms with Gasteiger partial charge in [-0.3, -0.25) is 9.78 Å². The number of amides is 1. The summed E-state index contributed by atoms with van der Waals surface area (Å²) in [5.41, 5.74) is 6.22. The number of rotatable bonds is 6. The lowest BCUT2D eigenvalue weighted by atomic mass is 10.2. The molecule has 0 unspecified atom stereocenters. The number of carbonyl (C=O) groups is 1. The topological polar surface area (TPSA) is 77.2 Å². The summed E-state index contributed by atoms with van der Waals surface area (Å²) in [4.78, 5) is 15.4. The van der Waals surface area contributed by atoms with Gasteiger partial charge in [-0.05, 0) is 24.3 Å². The van der Waals surface area contributed by atoms with Crippen molar-refractivity contribution in [1.29, 1.82) is 0 Å². The van der Waals surface area contributed by atoms with Crippen LogP contribution in [0.3, 0.4) is 0 Å². The van der Waals surface area contributed by atoms with Crippen LogP contribution >= 0.6 is 0 Å². The monoisotopic (exact) mass is 259 g/mol. The van der Waals surface area contributed by atoms with Gasteiger partial charge in [-0.25, -0.2) is 0 Å². The fourth-order valence-electron chi connectivity index (χ4n) is 1.72. The van der Waals surface area contributed by atoms with Gasteiger partial charge in [0.25, 0.3) is 0 Å². The van der Waals surface area contributed by atoms with Crippen molar-refractivity contribution in [1.82, 2.24) is 10.3 Å². The van der Waals surface area contributed by atoms with Crippen molar-refractivity contribution in [3.05, 3.63) is 36.5 Å². The molecule has 0 fully saturated rings. The zero-order valence-electron chi connectivity index (χ0n) is 10.6. The van der Waals surface area contributed by atoms with Crippen LogP contribution in [-0.4, -0.2) is 30.6 Å². The minimum atomic E-state index is -0.0474. The normalized spacial score (nSPS) is 10.4. The van der Waals surface area contributed by atoms with Gasteiger partial charge < -0.3 is 15.8 Å². The van der Waals surface area contributed by atoms with Crippen molar-refractivity contribution < 1.29 is 9.53 Å². The first-order valence-corrected chi connectivity index (χ1v) is 6.24. The molecule has 19 heavy (non-hydrogen) atoms. The summed E-state index contributed by atoms with van der Waals surface area (Å²) in [6, 6.07) is 9.59. The Morgan fingerprint density at radius 2 is 2.26 bits per heavy atom. The zero-order valence-corrected chi connectivity index (χ0v) is 10.6. The number of nitrogens with one attached hydrogen (secondary N) is 1. The minimum absolute atomic E-state index is 0.0474. The molecule has 0 aliphatic carbocycles. The summed E-state index contributed by atoms with van der Waals surface area (Å²) in [7, 11) is 0. The molecular formula is C14H17N3O2. The van der Waals surface area contributed by atoms with E-state index in [4.69, 9.17) is 10.5 Å². The third kappa shape index (κ3) is 3.93. The van der Waals surface area contributed by atoms with Gasteiger partial charge in [0.1, 0.15) is 12.4 Å². The average Bonchev–Trinajstić information content (AvgIpc) is 2.44. The number of ether oxygens (including phenoxy) is 1. The molecule has 1 aromatic carbocycles. The molecular weight excluding hydrogens is 242 g/mol. The number of nitrogens with two attached hydrogens (primary N) is 1. The largest absolute Gasteiger partial charge is 0.492 e. The molecule has 2 aromatic rings. The maximum atomic E-state index is 11.2. The lowest BCUT2D eigenvalue weighted by Crippen LogP contribution is -2.29. The second-order valence-corrected chi connectivity index (χ2v) is 4.09. The van der Waals surface area contributed by atoms with Gasteiger partial charge >= 0.3 is 0 Å². The molecule has 100 valence electrons. The van der Waals surface area contributed by atoms with Gasteiger partial charge in [0.2, 0.25) is 5.91 Å². The van der Waals surface area contributed by atoms with Crippen LogP contribution in [-0.2, 0) is 4.79 Å². The summed E-state index contributed by atoms with van der Waals surface area (Å²) in [6.07, 6.45) is 2.11. The van der Waals surface area contributed by atoms with E-state index in [-0.39, 0.29) is 5.91 Å². The Balaban J connectivity index is 1.83. The first kappa shape index (κ1) is 13.3. The molecule has 5 heteroatoms. The van der Waals surface area contributed by atoms with E-state index < -0.39 is 0 Å². The molecule has 2 rings (SSSR count). The molecule has 1 amide bonds. The predicted octanol–water partition coefficient (Wildman–Crippen LogP) is 1.08. The fraction of sp³-hybridized carbons (Fsp3) is 0.286. The highest BCUT2D eigenvalue weighted by molar-refractivity contribution is 5.79. The summed E-state index contributed by atoms with van der Waals surface area (Å²) >= 11 is 0. The Kier molecular flexibility index (Phi) is 4.69. The van der Waals surface area contributed by atoms with E-state index >= 15 is 0 Å². The van der Waals surface area contributed by atoms with Crippen molar-refractivity contribution in [3.63, 3.8) is 0 Å². The summed E-state index contributed by atoms with van der Waals surface area (Å²) in [5, 5.41) is 3.77. The number of hydrogen-bond acceptors (Lipinski definition) is 4. The van der Waals surface area contributed by atoms with Crippen LogP contribution in [0.5, 0.6) is 5.75 Å². The van der Waals surface area contributed by atoms with E-state index in [0.717, 1.165) is 16.7 Å². The van der Waals surface area contributed by atoms with Gasteiger partial charge in [-0.1, -0.05) is 6.07 Å². The quantitative estimate of drug-likeness (QED) is 0.761. The first-order valence-electron chi connectivity index (χ1n) is 6.24. The number of benzene rings is 1. The predicted molar refractivity (Wildman–Crippen MR) is 73.9 cm³/mol. The van der Waals surface area contributed by atoms with E-state index in [1.807, 2.05) is 30.3 Å². The average molecular weight is 259 g/mol. The van der Waals surface area contributed by atoms with E-state index in [1.165, 1.54) is 0 Å². The van der Waals surface area contributed by atoms with Crippen LogP contribution in [0, 0.1) is 0 Å². The highest BCUT2D eigenvalue weighted by Crippen LogP contribution is 2.18. The molecule has 0 saturated carbocycles. The Labute approximate surface area is 111 Å². The van der Waals surface area contributed by atoms with Crippen molar-refractivity contribution in [2.75, 3.05) is 19.7 Å². The van der Waals surface area contributed by atoms with Crippen LogP contribution in [0.4, 0.5) is 0 Å². The number of carbonyl (C=O) groups excluding carboxylic acids is 1. The fourth-order valence-corrected chi connectivity index (χ4v) is 1.72. The van der Waals surface area contributed by atoms with Crippen molar-refractivity contribution in [2.24, 2.45) is 5.73 Å². The molecule has 0 saturated heterocycles. The SMILES string of the molecule is NCCC(=O)NCCOc1ccc2ncccc2c1. The van der Waals surface area contributed by atoms with Crippen LogP contribution in [0.2, 0.25) is 0 Å². The summed E-state index contributed by atoms with van der Waals surface area (Å²) < 4.78 is 5.57. The maximum absolute atomic E-state index is 11.2. The minimum Gasteiger partial charge on any atom is -0.492 e. The second kappa shape index (κ2) is 6.70. The molecule has 0 radical (unpaired) electrons. The lowest BCUT2D eigenvalue weighted by molar-refractivity contribution is -0.120. The Morgan fingerprint density at radius 1 is 1.37 bits per heavy atom. The number of hydrogen-bond donors (Lipinski definition) is 2. The van der Waals surface area contributed by atoms with Gasteiger partial charge in [-0.15, -0.1) is 0 Å².